The van der Waals surface area contributed by atoms with Gasteiger partial charge in [-0.15, -0.1) is 0 Å². The van der Waals surface area contributed by atoms with Gasteiger partial charge in [-0.05, 0) is 88.4 Å². The summed E-state index contributed by atoms with van der Waals surface area (Å²) in [4.78, 5) is 38.8. The average Bonchev–Trinajstić information content (AvgIpc) is 3.32. The molecule has 1 aromatic heterocycles. The first-order valence-electron chi connectivity index (χ1n) is 15.7. The van der Waals surface area contributed by atoms with Gasteiger partial charge in [-0.25, -0.2) is 4.98 Å². The number of amides is 2. The lowest BCUT2D eigenvalue weighted by atomic mass is 10.0. The van der Waals surface area contributed by atoms with Crippen molar-refractivity contribution in [3.63, 3.8) is 0 Å². The molecule has 4 aromatic rings. The fraction of sp³-hybridized carbons (Fsp3) is 0.400. The lowest BCUT2D eigenvalue weighted by molar-refractivity contribution is -0.120. The number of hydrogen-bond donors (Lipinski definition) is 2. The Labute approximate surface area is 259 Å². The Balaban J connectivity index is 1.29. The molecule has 2 amide bonds. The number of aromatic nitrogens is 2. The predicted octanol–water partition coefficient (Wildman–Crippen LogP) is 5.49. The maximum absolute atomic E-state index is 13.7. The maximum Gasteiger partial charge on any atom is 0.254 e. The number of hydrogen-bond acceptors (Lipinski definition) is 6. The summed E-state index contributed by atoms with van der Waals surface area (Å²) in [6.45, 7) is 11.0. The number of anilines is 3. The zero-order valence-corrected chi connectivity index (χ0v) is 26.4. The first-order valence-corrected chi connectivity index (χ1v) is 15.7. The summed E-state index contributed by atoms with van der Waals surface area (Å²) in [6, 6.07) is 19.9. The number of rotatable bonds is 8. The predicted molar refractivity (Wildman–Crippen MR) is 179 cm³/mol. The first-order chi connectivity index (χ1) is 21.2. The molecule has 0 bridgehead atoms. The summed E-state index contributed by atoms with van der Waals surface area (Å²) in [5.74, 6) is 0.731. The number of carbonyl (C=O) groups excluding carboxylic acids is 2. The van der Waals surface area contributed by atoms with Gasteiger partial charge >= 0.3 is 0 Å². The fourth-order valence-corrected chi connectivity index (χ4v) is 6.31. The molecule has 0 aliphatic carbocycles. The molecule has 1 saturated heterocycles. The van der Waals surface area contributed by atoms with E-state index in [2.05, 4.69) is 90.2 Å². The van der Waals surface area contributed by atoms with Crippen molar-refractivity contribution in [1.29, 1.82) is 0 Å². The van der Waals surface area contributed by atoms with E-state index in [1.807, 2.05) is 35.2 Å². The number of fused-ring (bicyclic) bond motifs is 5. The zero-order chi connectivity index (χ0) is 31.0. The summed E-state index contributed by atoms with van der Waals surface area (Å²) in [5, 5.41) is 6.68. The Kier molecular flexibility index (Phi) is 8.31. The third-order valence-electron chi connectivity index (χ3n) is 8.71. The van der Waals surface area contributed by atoms with E-state index in [9.17, 15) is 9.59 Å². The Bertz CT molecular complexity index is 1670. The number of nitrogens with zero attached hydrogens (tertiary/aromatic N) is 5. The van der Waals surface area contributed by atoms with Crippen LogP contribution in [-0.2, 0) is 4.79 Å². The van der Waals surface area contributed by atoms with E-state index in [1.54, 1.807) is 0 Å². The Hall–Kier alpha value is -4.37. The van der Waals surface area contributed by atoms with Crippen LogP contribution in [-0.4, -0.2) is 84.5 Å². The Morgan fingerprint density at radius 2 is 1.77 bits per heavy atom. The Morgan fingerprint density at radius 3 is 2.48 bits per heavy atom. The molecule has 9 heteroatoms. The van der Waals surface area contributed by atoms with Crippen LogP contribution in [0.5, 0.6) is 0 Å². The summed E-state index contributed by atoms with van der Waals surface area (Å²) < 4.78 is 2.06. The van der Waals surface area contributed by atoms with Crippen molar-refractivity contribution < 1.29 is 9.59 Å². The van der Waals surface area contributed by atoms with Gasteiger partial charge in [0.2, 0.25) is 5.91 Å². The van der Waals surface area contributed by atoms with Gasteiger partial charge in [-0.1, -0.05) is 31.5 Å². The maximum atomic E-state index is 13.7. The number of piperazine rings is 1. The van der Waals surface area contributed by atoms with Gasteiger partial charge in [-0.3, -0.25) is 9.59 Å². The number of benzene rings is 3. The number of carbonyl (C=O) groups is 2. The minimum atomic E-state index is -0.435. The Morgan fingerprint density at radius 1 is 1.02 bits per heavy atom. The number of imidazole rings is 1. The first kappa shape index (κ1) is 29.7. The minimum Gasteiger partial charge on any atom is -0.385 e. The summed E-state index contributed by atoms with van der Waals surface area (Å²) in [5.41, 5.74) is 7.24. The lowest BCUT2D eigenvalue weighted by Crippen LogP contribution is -2.48. The van der Waals surface area contributed by atoms with Crippen molar-refractivity contribution in [2.75, 3.05) is 68.9 Å². The van der Waals surface area contributed by atoms with Crippen molar-refractivity contribution in [3.8, 4) is 11.4 Å². The van der Waals surface area contributed by atoms with E-state index in [-0.39, 0.29) is 17.7 Å². The van der Waals surface area contributed by atoms with Crippen LogP contribution in [0.1, 0.15) is 42.2 Å². The summed E-state index contributed by atoms with van der Waals surface area (Å²) in [6.07, 6.45) is 1.02. The third-order valence-corrected chi connectivity index (χ3v) is 8.71. The molecule has 230 valence electrons. The molecule has 6 rings (SSSR count). The second-order valence-electron chi connectivity index (χ2n) is 12.6. The highest BCUT2D eigenvalue weighted by atomic mass is 16.2. The molecule has 0 unspecified atom stereocenters. The quantitative estimate of drug-likeness (QED) is 0.263. The molecule has 44 heavy (non-hydrogen) atoms. The van der Waals surface area contributed by atoms with Gasteiger partial charge < -0.3 is 29.9 Å². The standard InChI is InChI=1S/C35H43N7O2/c1-23(2)32-34(43)38-29-13-10-26(36-15-6-16-39(4)5)22-28(29)33-37-30-21-25(9-14-31(30)42(32)33)35(44)41-19-17-40(18-20-41)27-11-7-24(3)8-12-27/h7-14,21-23,32,36H,6,15-20H2,1-5H3,(H,38,43)/t32-/m0/s1. The molecule has 3 aromatic carbocycles. The molecule has 2 aliphatic rings. The van der Waals surface area contributed by atoms with E-state index >= 15 is 0 Å². The van der Waals surface area contributed by atoms with Gasteiger partial charge in [0, 0.05) is 55.2 Å². The van der Waals surface area contributed by atoms with E-state index in [4.69, 9.17) is 4.98 Å². The van der Waals surface area contributed by atoms with Gasteiger partial charge in [0.05, 0.1) is 16.7 Å². The molecule has 1 atom stereocenters. The molecule has 1 fully saturated rings. The zero-order valence-electron chi connectivity index (χ0n) is 26.4. The molecular weight excluding hydrogens is 550 g/mol. The van der Waals surface area contributed by atoms with Crippen molar-refractivity contribution >= 4 is 39.9 Å². The third kappa shape index (κ3) is 5.88. The van der Waals surface area contributed by atoms with Crippen LogP contribution in [0.4, 0.5) is 17.1 Å². The molecule has 3 heterocycles. The van der Waals surface area contributed by atoms with E-state index in [0.29, 0.717) is 18.7 Å². The van der Waals surface area contributed by atoms with E-state index in [0.717, 1.165) is 66.4 Å². The molecule has 0 spiro atoms. The van der Waals surface area contributed by atoms with Crippen LogP contribution < -0.4 is 15.5 Å². The second kappa shape index (κ2) is 12.3. The number of nitrogens with one attached hydrogen (secondary N) is 2. The second-order valence-corrected chi connectivity index (χ2v) is 12.6. The summed E-state index contributed by atoms with van der Waals surface area (Å²) >= 11 is 0. The highest BCUT2D eigenvalue weighted by molar-refractivity contribution is 6.03. The minimum absolute atomic E-state index is 0.0152. The van der Waals surface area contributed by atoms with Crippen molar-refractivity contribution in [2.24, 2.45) is 5.92 Å². The molecule has 0 radical (unpaired) electrons. The van der Waals surface area contributed by atoms with Crippen molar-refractivity contribution in [2.45, 2.75) is 33.2 Å². The van der Waals surface area contributed by atoms with Gasteiger partial charge in [0.15, 0.2) is 0 Å². The van der Waals surface area contributed by atoms with Crippen LogP contribution in [0.3, 0.4) is 0 Å². The molecule has 9 nitrogen and oxygen atoms in total. The van der Waals surface area contributed by atoms with Crippen molar-refractivity contribution in [3.05, 3.63) is 71.8 Å². The van der Waals surface area contributed by atoms with Crippen LogP contribution in [0.2, 0.25) is 0 Å². The highest BCUT2D eigenvalue weighted by Crippen LogP contribution is 2.40. The smallest absolute Gasteiger partial charge is 0.254 e. The van der Waals surface area contributed by atoms with Gasteiger partial charge in [0.25, 0.3) is 5.91 Å². The SMILES string of the molecule is Cc1ccc(N2CCN(C(=O)c3ccc4c(c3)nc3n4[C@@H](C(C)C)C(=O)Nc4ccc(NCCCN(C)C)cc4-3)CC2)cc1. The van der Waals surface area contributed by atoms with Crippen LogP contribution >= 0.6 is 0 Å². The van der Waals surface area contributed by atoms with Gasteiger partial charge in [0.1, 0.15) is 11.9 Å². The van der Waals surface area contributed by atoms with Crippen molar-refractivity contribution in [1.82, 2.24) is 19.4 Å². The molecule has 2 N–H and O–H groups in total. The molecular formula is C35H43N7O2. The van der Waals surface area contributed by atoms with Crippen LogP contribution in [0.25, 0.3) is 22.4 Å². The average molecular weight is 594 g/mol. The lowest BCUT2D eigenvalue weighted by Gasteiger charge is -2.36. The van der Waals surface area contributed by atoms with E-state index in [1.165, 1.54) is 11.3 Å². The summed E-state index contributed by atoms with van der Waals surface area (Å²) in [7, 11) is 4.15. The topological polar surface area (TPSA) is 85.7 Å². The molecule has 0 saturated carbocycles. The van der Waals surface area contributed by atoms with Gasteiger partial charge in [-0.2, -0.15) is 0 Å². The monoisotopic (exact) mass is 593 g/mol. The molecule has 2 aliphatic heterocycles. The normalized spacial score (nSPS) is 16.6. The van der Waals surface area contributed by atoms with Crippen LogP contribution in [0.15, 0.2) is 60.7 Å². The highest BCUT2D eigenvalue weighted by Gasteiger charge is 2.34. The number of aryl methyl sites for hydroxylation is 1. The van der Waals surface area contributed by atoms with Crippen LogP contribution in [0, 0.1) is 12.8 Å². The fourth-order valence-electron chi connectivity index (χ4n) is 6.31. The largest absolute Gasteiger partial charge is 0.385 e. The van der Waals surface area contributed by atoms with E-state index < -0.39 is 6.04 Å².